The third kappa shape index (κ3) is 2.31. The summed E-state index contributed by atoms with van der Waals surface area (Å²) < 4.78 is 0. The maximum Gasteiger partial charge on any atom is 0.166 e. The van der Waals surface area contributed by atoms with E-state index in [1.54, 1.807) is 12.1 Å². The average Bonchev–Trinajstić information content (AvgIpc) is 3.05. The van der Waals surface area contributed by atoms with Gasteiger partial charge < -0.3 is 5.11 Å². The fraction of sp³-hybridized carbons (Fsp3) is 0. The number of aromatic nitrogens is 3. The smallest absolute Gasteiger partial charge is 0.166 e. The van der Waals surface area contributed by atoms with Crippen molar-refractivity contribution in [1.29, 1.82) is 0 Å². The summed E-state index contributed by atoms with van der Waals surface area (Å²) in [4.78, 5) is 4.63. The van der Waals surface area contributed by atoms with Gasteiger partial charge in [0.05, 0.1) is 5.52 Å². The van der Waals surface area contributed by atoms with Crippen molar-refractivity contribution in [1.82, 2.24) is 15.2 Å². The van der Waals surface area contributed by atoms with Gasteiger partial charge in [-0.25, -0.2) is 4.98 Å². The van der Waals surface area contributed by atoms with Crippen LogP contribution in [-0.2, 0) is 0 Å². The molecule has 0 spiro atoms. The molecule has 2 aromatic heterocycles. The maximum atomic E-state index is 9.34. The first-order valence-corrected chi connectivity index (χ1v) is 7.60. The molecule has 0 amide bonds. The van der Waals surface area contributed by atoms with E-state index < -0.39 is 0 Å². The topological polar surface area (TPSA) is 58.9 Å². The Hall–Kier alpha value is -2.79. The summed E-state index contributed by atoms with van der Waals surface area (Å²) in [6.07, 6.45) is 0. The molecule has 5 heteroatoms. The summed E-state index contributed by atoms with van der Waals surface area (Å²) in [5.74, 6) is 0.240. The number of benzene rings is 2. The molecular weight excluding hydrogens is 294 g/mol. The number of aromatic hydroxyl groups is 1. The molecule has 22 heavy (non-hydrogen) atoms. The number of nitrogens with zero attached hydrogens (tertiary/aromatic N) is 3. The highest BCUT2D eigenvalue weighted by atomic mass is 32.1. The molecule has 4 rings (SSSR count). The van der Waals surface area contributed by atoms with Crippen LogP contribution >= 0.6 is 11.3 Å². The Balaban J connectivity index is 1.74. The molecule has 2 aromatic carbocycles. The third-order valence-corrected chi connectivity index (χ3v) is 4.35. The van der Waals surface area contributed by atoms with Crippen LogP contribution in [0.15, 0.2) is 60.7 Å². The number of hydrogen-bond donors (Lipinski definition) is 1. The first-order valence-electron chi connectivity index (χ1n) is 6.79. The summed E-state index contributed by atoms with van der Waals surface area (Å²) in [7, 11) is 0. The normalized spacial score (nSPS) is 10.9. The van der Waals surface area contributed by atoms with Gasteiger partial charge in [-0.1, -0.05) is 35.6 Å². The molecule has 0 saturated carbocycles. The van der Waals surface area contributed by atoms with E-state index in [1.807, 2.05) is 48.5 Å². The van der Waals surface area contributed by atoms with Gasteiger partial charge in [0.15, 0.2) is 5.01 Å². The zero-order chi connectivity index (χ0) is 14.9. The van der Waals surface area contributed by atoms with Crippen molar-refractivity contribution in [3.05, 3.63) is 60.7 Å². The second kappa shape index (κ2) is 5.20. The van der Waals surface area contributed by atoms with Gasteiger partial charge in [0.25, 0.3) is 0 Å². The van der Waals surface area contributed by atoms with E-state index in [-0.39, 0.29) is 5.75 Å². The molecule has 0 radical (unpaired) electrons. The van der Waals surface area contributed by atoms with Crippen molar-refractivity contribution in [3.8, 4) is 27.0 Å². The molecule has 0 aliphatic heterocycles. The first-order chi connectivity index (χ1) is 10.8. The van der Waals surface area contributed by atoms with Gasteiger partial charge in [-0.05, 0) is 36.4 Å². The van der Waals surface area contributed by atoms with Crippen molar-refractivity contribution in [2.24, 2.45) is 0 Å². The molecule has 0 unspecified atom stereocenters. The van der Waals surface area contributed by atoms with E-state index in [9.17, 15) is 5.11 Å². The number of fused-ring (bicyclic) bond motifs is 1. The van der Waals surface area contributed by atoms with E-state index in [4.69, 9.17) is 0 Å². The van der Waals surface area contributed by atoms with Crippen molar-refractivity contribution < 1.29 is 5.11 Å². The minimum Gasteiger partial charge on any atom is -0.508 e. The van der Waals surface area contributed by atoms with Crippen molar-refractivity contribution in [2.45, 2.75) is 0 Å². The number of pyridine rings is 1. The van der Waals surface area contributed by atoms with Crippen LogP contribution in [0.25, 0.3) is 32.2 Å². The van der Waals surface area contributed by atoms with Crippen LogP contribution in [0.5, 0.6) is 5.75 Å². The van der Waals surface area contributed by atoms with Crippen molar-refractivity contribution in [3.63, 3.8) is 0 Å². The number of phenolic OH excluding ortho intramolecular Hbond substituents is 1. The molecule has 0 aliphatic carbocycles. The molecule has 106 valence electrons. The lowest BCUT2D eigenvalue weighted by Gasteiger charge is -1.99. The minimum absolute atomic E-state index is 0.240. The lowest BCUT2D eigenvalue weighted by Crippen LogP contribution is -1.84. The number of para-hydroxylation sites is 1. The van der Waals surface area contributed by atoms with E-state index in [0.717, 1.165) is 32.2 Å². The van der Waals surface area contributed by atoms with Crippen LogP contribution in [0.4, 0.5) is 0 Å². The second-order valence-corrected chi connectivity index (χ2v) is 5.83. The average molecular weight is 305 g/mol. The van der Waals surface area contributed by atoms with E-state index in [0.29, 0.717) is 0 Å². The Kier molecular flexibility index (Phi) is 3.05. The fourth-order valence-electron chi connectivity index (χ4n) is 2.23. The van der Waals surface area contributed by atoms with Gasteiger partial charge in [0.2, 0.25) is 0 Å². The predicted molar refractivity (Wildman–Crippen MR) is 87.7 cm³/mol. The van der Waals surface area contributed by atoms with Crippen molar-refractivity contribution in [2.75, 3.05) is 0 Å². The molecule has 1 N–H and O–H groups in total. The summed E-state index contributed by atoms with van der Waals surface area (Å²) in [5, 5.41) is 20.5. The SMILES string of the molecule is Oc1ccc(-c2nnc(-c3ccc4ccccc4n3)s2)cc1. The number of hydrogen-bond acceptors (Lipinski definition) is 5. The highest BCUT2D eigenvalue weighted by Crippen LogP contribution is 2.30. The monoisotopic (exact) mass is 305 g/mol. The Morgan fingerprint density at radius 2 is 1.55 bits per heavy atom. The van der Waals surface area contributed by atoms with Gasteiger partial charge in [0, 0.05) is 10.9 Å². The van der Waals surface area contributed by atoms with Crippen LogP contribution in [-0.4, -0.2) is 20.3 Å². The van der Waals surface area contributed by atoms with Crippen LogP contribution in [0.3, 0.4) is 0 Å². The third-order valence-electron chi connectivity index (χ3n) is 3.36. The maximum absolute atomic E-state index is 9.34. The van der Waals surface area contributed by atoms with Crippen LogP contribution in [0.2, 0.25) is 0 Å². The summed E-state index contributed by atoms with van der Waals surface area (Å²) in [6.45, 7) is 0. The highest BCUT2D eigenvalue weighted by Gasteiger charge is 2.10. The van der Waals surface area contributed by atoms with Gasteiger partial charge in [-0.2, -0.15) is 0 Å². The molecule has 0 atom stereocenters. The highest BCUT2D eigenvalue weighted by molar-refractivity contribution is 7.17. The van der Waals surface area contributed by atoms with Gasteiger partial charge in [-0.15, -0.1) is 10.2 Å². The van der Waals surface area contributed by atoms with E-state index in [1.165, 1.54) is 11.3 Å². The molecule has 0 bridgehead atoms. The summed E-state index contributed by atoms with van der Waals surface area (Å²) in [5.41, 5.74) is 2.70. The molecule has 2 heterocycles. The predicted octanol–water partition coefficient (Wildman–Crippen LogP) is 4.13. The zero-order valence-corrected chi connectivity index (χ0v) is 12.3. The van der Waals surface area contributed by atoms with Crippen molar-refractivity contribution >= 4 is 22.2 Å². The molecule has 4 nitrogen and oxygen atoms in total. The molecule has 0 fully saturated rings. The quantitative estimate of drug-likeness (QED) is 0.605. The summed E-state index contributed by atoms with van der Waals surface area (Å²) in [6, 6.07) is 18.9. The Morgan fingerprint density at radius 3 is 2.41 bits per heavy atom. The largest absolute Gasteiger partial charge is 0.508 e. The lowest BCUT2D eigenvalue weighted by atomic mass is 10.2. The van der Waals surface area contributed by atoms with Crippen LogP contribution in [0.1, 0.15) is 0 Å². The molecule has 0 aliphatic rings. The van der Waals surface area contributed by atoms with E-state index in [2.05, 4.69) is 15.2 Å². The minimum atomic E-state index is 0.240. The number of phenols is 1. The zero-order valence-electron chi connectivity index (χ0n) is 11.5. The van der Waals surface area contributed by atoms with Gasteiger partial charge in [-0.3, -0.25) is 0 Å². The standard InChI is InChI=1S/C17H11N3OS/c21-13-8-5-12(6-9-13)16-19-20-17(22-16)15-10-7-11-3-1-2-4-14(11)18-15/h1-10,21H. The molecule has 4 aromatic rings. The Labute approximate surface area is 130 Å². The van der Waals surface area contributed by atoms with E-state index >= 15 is 0 Å². The van der Waals surface area contributed by atoms with Crippen LogP contribution in [0, 0.1) is 0 Å². The molecular formula is C17H11N3OS. The first kappa shape index (κ1) is 12.9. The van der Waals surface area contributed by atoms with Gasteiger partial charge >= 0.3 is 0 Å². The lowest BCUT2D eigenvalue weighted by molar-refractivity contribution is 0.475. The molecule has 0 saturated heterocycles. The Bertz CT molecular complexity index is 947. The van der Waals surface area contributed by atoms with Crippen LogP contribution < -0.4 is 0 Å². The number of rotatable bonds is 2. The summed E-state index contributed by atoms with van der Waals surface area (Å²) >= 11 is 1.49. The fourth-order valence-corrected chi connectivity index (χ4v) is 3.05. The second-order valence-electron chi connectivity index (χ2n) is 4.85. The van der Waals surface area contributed by atoms with Gasteiger partial charge in [0.1, 0.15) is 16.5 Å². The Morgan fingerprint density at radius 1 is 0.773 bits per heavy atom.